The van der Waals surface area contributed by atoms with Gasteiger partial charge in [-0.1, -0.05) is 0 Å². The summed E-state index contributed by atoms with van der Waals surface area (Å²) in [5.41, 5.74) is 0. The monoisotopic (exact) mass is 319 g/mol. The average Bonchev–Trinajstić information content (AvgIpc) is 2.70. The van der Waals surface area contributed by atoms with Crippen molar-refractivity contribution >= 4 is 42.4 Å². The van der Waals surface area contributed by atoms with Crippen LogP contribution in [0.1, 0.15) is 0 Å². The highest BCUT2D eigenvalue weighted by Crippen LogP contribution is 2.19. The molecule has 2 aromatic rings. The molecular weight excluding hydrogens is 314 g/mol. The number of thiazole rings is 1. The van der Waals surface area contributed by atoms with Crippen molar-refractivity contribution < 1.29 is 8.42 Å². The Kier molecular flexibility index (Phi) is 3.22. The lowest BCUT2D eigenvalue weighted by atomic mass is 10.5. The number of halogens is 1. The SMILES string of the molecule is O=S(=O)(Nc1nccs1)c1cncc(Br)c1. The molecule has 0 aliphatic rings. The van der Waals surface area contributed by atoms with Crippen molar-refractivity contribution in [3.63, 3.8) is 0 Å². The first-order chi connectivity index (χ1) is 7.58. The van der Waals surface area contributed by atoms with Crippen molar-refractivity contribution in [1.82, 2.24) is 9.97 Å². The third-order valence-electron chi connectivity index (χ3n) is 1.64. The Morgan fingerprint density at radius 1 is 1.38 bits per heavy atom. The lowest BCUT2D eigenvalue weighted by molar-refractivity contribution is 0.600. The minimum absolute atomic E-state index is 0.0945. The fraction of sp³-hybridized carbons (Fsp3) is 0. The maximum absolute atomic E-state index is 11.8. The summed E-state index contributed by atoms with van der Waals surface area (Å²) in [5.74, 6) is 0. The Morgan fingerprint density at radius 2 is 2.19 bits per heavy atom. The molecule has 2 heterocycles. The molecule has 2 aromatic heterocycles. The van der Waals surface area contributed by atoms with Gasteiger partial charge >= 0.3 is 0 Å². The van der Waals surface area contributed by atoms with E-state index >= 15 is 0 Å². The molecule has 84 valence electrons. The van der Waals surface area contributed by atoms with Crippen LogP contribution in [0.3, 0.4) is 0 Å². The van der Waals surface area contributed by atoms with Gasteiger partial charge < -0.3 is 0 Å². The van der Waals surface area contributed by atoms with Crippen LogP contribution in [0.2, 0.25) is 0 Å². The predicted octanol–water partition coefficient (Wildman–Crippen LogP) is 2.10. The smallest absolute Gasteiger partial charge is 0.262 e. The van der Waals surface area contributed by atoms with Crippen LogP contribution in [0, 0.1) is 0 Å². The normalized spacial score (nSPS) is 11.3. The van der Waals surface area contributed by atoms with Gasteiger partial charge in [-0.25, -0.2) is 13.4 Å². The van der Waals surface area contributed by atoms with Crippen LogP contribution in [0.5, 0.6) is 0 Å². The number of rotatable bonds is 3. The number of pyridine rings is 1. The van der Waals surface area contributed by atoms with Gasteiger partial charge in [-0.2, -0.15) is 0 Å². The van der Waals surface area contributed by atoms with Gasteiger partial charge in [-0.15, -0.1) is 11.3 Å². The van der Waals surface area contributed by atoms with Crippen LogP contribution in [0.25, 0.3) is 0 Å². The number of hydrogen-bond donors (Lipinski definition) is 1. The summed E-state index contributed by atoms with van der Waals surface area (Å²) in [6.07, 6.45) is 4.32. The summed E-state index contributed by atoms with van der Waals surface area (Å²) >= 11 is 4.38. The van der Waals surface area contributed by atoms with Crippen LogP contribution < -0.4 is 4.72 Å². The number of nitrogens with zero attached hydrogens (tertiary/aromatic N) is 2. The second-order valence-electron chi connectivity index (χ2n) is 2.78. The number of aromatic nitrogens is 2. The Morgan fingerprint density at radius 3 is 2.81 bits per heavy atom. The summed E-state index contributed by atoms with van der Waals surface area (Å²) in [7, 11) is -3.60. The van der Waals surface area contributed by atoms with Crippen molar-refractivity contribution in [2.24, 2.45) is 0 Å². The van der Waals surface area contributed by atoms with E-state index in [1.807, 2.05) is 0 Å². The molecular formula is C8H6BrN3O2S2. The molecule has 0 aliphatic heterocycles. The zero-order valence-corrected chi connectivity index (χ0v) is 11.0. The summed E-state index contributed by atoms with van der Waals surface area (Å²) in [5, 5.41) is 2.02. The van der Waals surface area contributed by atoms with E-state index in [4.69, 9.17) is 0 Å². The highest BCUT2D eigenvalue weighted by molar-refractivity contribution is 9.10. The van der Waals surface area contributed by atoms with Crippen LogP contribution in [0.15, 0.2) is 39.4 Å². The molecule has 0 unspecified atom stereocenters. The van der Waals surface area contributed by atoms with Crippen molar-refractivity contribution in [2.45, 2.75) is 4.90 Å². The number of sulfonamides is 1. The standard InChI is InChI=1S/C8H6BrN3O2S2/c9-6-3-7(5-10-4-6)16(13,14)12-8-11-1-2-15-8/h1-5H,(H,11,12). The van der Waals surface area contributed by atoms with E-state index in [1.54, 1.807) is 5.38 Å². The van der Waals surface area contributed by atoms with E-state index in [2.05, 4.69) is 30.6 Å². The third kappa shape index (κ3) is 2.57. The highest BCUT2D eigenvalue weighted by atomic mass is 79.9. The minimum atomic E-state index is -3.60. The van der Waals surface area contributed by atoms with E-state index in [9.17, 15) is 8.42 Å². The largest absolute Gasteiger partial charge is 0.265 e. The fourth-order valence-corrected chi connectivity index (χ4v) is 3.28. The summed E-state index contributed by atoms with van der Waals surface area (Å²) < 4.78 is 26.7. The van der Waals surface area contributed by atoms with Gasteiger partial charge in [-0.3, -0.25) is 9.71 Å². The van der Waals surface area contributed by atoms with Crippen molar-refractivity contribution in [2.75, 3.05) is 4.72 Å². The topological polar surface area (TPSA) is 72.0 Å². The van der Waals surface area contributed by atoms with Crippen LogP contribution >= 0.6 is 27.3 Å². The first-order valence-electron chi connectivity index (χ1n) is 4.11. The zero-order valence-electron chi connectivity index (χ0n) is 7.79. The van der Waals surface area contributed by atoms with Gasteiger partial charge in [0.25, 0.3) is 10.0 Å². The summed E-state index contributed by atoms with van der Waals surface area (Å²) in [4.78, 5) is 7.74. The van der Waals surface area contributed by atoms with Crippen LogP contribution in [-0.2, 0) is 10.0 Å². The van der Waals surface area contributed by atoms with Gasteiger partial charge in [0.15, 0.2) is 5.13 Å². The summed E-state index contributed by atoms with van der Waals surface area (Å²) in [6.45, 7) is 0. The van der Waals surface area contributed by atoms with Crippen molar-refractivity contribution in [3.8, 4) is 0 Å². The first-order valence-corrected chi connectivity index (χ1v) is 7.26. The zero-order chi connectivity index (χ0) is 11.6. The maximum atomic E-state index is 11.8. The van der Waals surface area contributed by atoms with Crippen LogP contribution in [0.4, 0.5) is 5.13 Å². The Labute approximate surface area is 105 Å². The Hall–Kier alpha value is -0.990. The lowest BCUT2D eigenvalue weighted by Crippen LogP contribution is -2.12. The number of hydrogen-bond acceptors (Lipinski definition) is 5. The molecule has 0 bridgehead atoms. The molecule has 16 heavy (non-hydrogen) atoms. The molecule has 2 rings (SSSR count). The second kappa shape index (κ2) is 4.48. The molecule has 0 amide bonds. The predicted molar refractivity (Wildman–Crippen MR) is 64.9 cm³/mol. The van der Waals surface area contributed by atoms with E-state index < -0.39 is 10.0 Å². The summed E-state index contributed by atoms with van der Waals surface area (Å²) in [6, 6.07) is 1.48. The highest BCUT2D eigenvalue weighted by Gasteiger charge is 2.15. The maximum Gasteiger partial charge on any atom is 0.265 e. The molecule has 0 fully saturated rings. The molecule has 0 atom stereocenters. The van der Waals surface area contributed by atoms with Crippen LogP contribution in [-0.4, -0.2) is 18.4 Å². The van der Waals surface area contributed by atoms with Gasteiger partial charge in [0.2, 0.25) is 0 Å². The van der Waals surface area contributed by atoms with Gasteiger partial charge in [0.05, 0.1) is 0 Å². The van der Waals surface area contributed by atoms with E-state index in [0.717, 1.165) is 0 Å². The van der Waals surface area contributed by atoms with Gasteiger partial charge in [0.1, 0.15) is 4.90 Å². The third-order valence-corrected chi connectivity index (χ3v) is 4.20. The molecule has 0 spiro atoms. The van der Waals surface area contributed by atoms with Gasteiger partial charge in [-0.05, 0) is 22.0 Å². The van der Waals surface area contributed by atoms with E-state index in [1.165, 1.54) is 36.0 Å². The second-order valence-corrected chi connectivity index (χ2v) is 6.27. The molecule has 8 heteroatoms. The quantitative estimate of drug-likeness (QED) is 0.940. The molecule has 0 saturated carbocycles. The lowest BCUT2D eigenvalue weighted by Gasteiger charge is -2.04. The molecule has 0 aliphatic carbocycles. The molecule has 5 nitrogen and oxygen atoms in total. The minimum Gasteiger partial charge on any atom is -0.262 e. The van der Waals surface area contributed by atoms with E-state index in [-0.39, 0.29) is 4.90 Å². The molecule has 0 saturated heterocycles. The first kappa shape index (κ1) is 11.5. The van der Waals surface area contributed by atoms with E-state index in [0.29, 0.717) is 9.60 Å². The number of anilines is 1. The molecule has 0 aromatic carbocycles. The Balaban J connectivity index is 2.33. The number of nitrogens with one attached hydrogen (secondary N) is 1. The van der Waals surface area contributed by atoms with Gasteiger partial charge in [0, 0.05) is 28.4 Å². The Bertz CT molecular complexity index is 583. The fourth-order valence-electron chi connectivity index (χ4n) is 0.987. The molecule has 1 N–H and O–H groups in total. The van der Waals surface area contributed by atoms with Crippen molar-refractivity contribution in [1.29, 1.82) is 0 Å². The average molecular weight is 320 g/mol. The van der Waals surface area contributed by atoms with Crippen molar-refractivity contribution in [3.05, 3.63) is 34.5 Å². The molecule has 0 radical (unpaired) electrons.